The molecule has 1 atom stereocenters. The summed E-state index contributed by atoms with van der Waals surface area (Å²) in [5.74, 6) is -0.437. The number of hydrogen-bond acceptors (Lipinski definition) is 4. The molecule has 1 saturated heterocycles. The largest absolute Gasteiger partial charge is 0.459 e. The predicted octanol–water partition coefficient (Wildman–Crippen LogP) is 1.94. The maximum Gasteiger partial charge on any atom is 0.287 e. The van der Waals surface area contributed by atoms with E-state index in [4.69, 9.17) is 4.42 Å². The van der Waals surface area contributed by atoms with Crippen LogP contribution in [0.2, 0.25) is 0 Å². The zero-order valence-electron chi connectivity index (χ0n) is 16.2. The smallest absolute Gasteiger partial charge is 0.287 e. The fourth-order valence-corrected chi connectivity index (χ4v) is 3.21. The SMILES string of the molecule is CCc1ccc(C(=O)N2CCN(C(=O)C(C)NC(=O)c3ccco3)CC2)cc1. The Morgan fingerprint density at radius 3 is 2.25 bits per heavy atom. The molecule has 0 aliphatic carbocycles. The molecule has 2 heterocycles. The lowest BCUT2D eigenvalue weighted by atomic mass is 10.1. The van der Waals surface area contributed by atoms with Gasteiger partial charge in [0.05, 0.1) is 6.26 Å². The van der Waals surface area contributed by atoms with E-state index >= 15 is 0 Å². The van der Waals surface area contributed by atoms with Gasteiger partial charge in [-0.15, -0.1) is 0 Å². The minimum Gasteiger partial charge on any atom is -0.459 e. The number of benzene rings is 1. The second-order valence-corrected chi connectivity index (χ2v) is 6.84. The van der Waals surface area contributed by atoms with Gasteiger partial charge < -0.3 is 19.5 Å². The number of rotatable bonds is 5. The molecule has 1 fully saturated rings. The molecule has 1 N–H and O–H groups in total. The van der Waals surface area contributed by atoms with Crippen molar-refractivity contribution in [1.29, 1.82) is 0 Å². The summed E-state index contributed by atoms with van der Waals surface area (Å²) < 4.78 is 5.04. The molecule has 0 spiro atoms. The molecule has 0 radical (unpaired) electrons. The van der Waals surface area contributed by atoms with E-state index in [-0.39, 0.29) is 17.6 Å². The number of carbonyl (C=O) groups excluding carboxylic acids is 3. The van der Waals surface area contributed by atoms with Crippen molar-refractivity contribution in [3.63, 3.8) is 0 Å². The third kappa shape index (κ3) is 4.42. The van der Waals surface area contributed by atoms with Crippen molar-refractivity contribution in [2.24, 2.45) is 0 Å². The summed E-state index contributed by atoms with van der Waals surface area (Å²) in [6.45, 7) is 5.55. The molecule has 1 aliphatic heterocycles. The van der Waals surface area contributed by atoms with E-state index < -0.39 is 11.9 Å². The summed E-state index contributed by atoms with van der Waals surface area (Å²) in [5, 5.41) is 2.65. The molecule has 3 rings (SSSR count). The number of nitrogens with zero attached hydrogens (tertiary/aromatic N) is 2. The van der Waals surface area contributed by atoms with Gasteiger partial charge in [-0.25, -0.2) is 0 Å². The van der Waals surface area contributed by atoms with Crippen molar-refractivity contribution in [2.45, 2.75) is 26.3 Å². The van der Waals surface area contributed by atoms with Crippen molar-refractivity contribution in [1.82, 2.24) is 15.1 Å². The maximum atomic E-state index is 12.6. The van der Waals surface area contributed by atoms with Crippen molar-refractivity contribution in [3.05, 3.63) is 59.5 Å². The summed E-state index contributed by atoms with van der Waals surface area (Å²) in [6, 6.07) is 10.1. The number of piperazine rings is 1. The number of aryl methyl sites for hydroxylation is 1. The van der Waals surface area contributed by atoms with Crippen LogP contribution in [0.25, 0.3) is 0 Å². The Bertz CT molecular complexity index is 822. The minimum absolute atomic E-state index is 0.0195. The maximum absolute atomic E-state index is 12.6. The van der Waals surface area contributed by atoms with Gasteiger partial charge in [0.25, 0.3) is 11.8 Å². The van der Waals surface area contributed by atoms with Crippen LogP contribution in [0, 0.1) is 0 Å². The lowest BCUT2D eigenvalue weighted by molar-refractivity contribution is -0.134. The Morgan fingerprint density at radius 1 is 1.04 bits per heavy atom. The fraction of sp³-hybridized carbons (Fsp3) is 0.381. The third-order valence-electron chi connectivity index (χ3n) is 4.95. The van der Waals surface area contributed by atoms with Gasteiger partial charge >= 0.3 is 0 Å². The molecule has 0 saturated carbocycles. The van der Waals surface area contributed by atoms with Crippen LogP contribution in [-0.4, -0.2) is 59.7 Å². The van der Waals surface area contributed by atoms with Crippen LogP contribution in [0.3, 0.4) is 0 Å². The average molecular weight is 383 g/mol. The van der Waals surface area contributed by atoms with Gasteiger partial charge in [-0.3, -0.25) is 14.4 Å². The molecule has 1 unspecified atom stereocenters. The van der Waals surface area contributed by atoms with Gasteiger partial charge in [0, 0.05) is 31.7 Å². The van der Waals surface area contributed by atoms with Gasteiger partial charge in [-0.1, -0.05) is 19.1 Å². The molecule has 0 bridgehead atoms. The highest BCUT2D eigenvalue weighted by Crippen LogP contribution is 2.12. The van der Waals surface area contributed by atoms with Crippen molar-refractivity contribution >= 4 is 17.7 Å². The molecule has 2 aromatic rings. The molecule has 1 aromatic heterocycles. The Hall–Kier alpha value is -3.09. The first-order valence-electron chi connectivity index (χ1n) is 9.51. The van der Waals surface area contributed by atoms with E-state index in [2.05, 4.69) is 12.2 Å². The highest BCUT2D eigenvalue weighted by Gasteiger charge is 2.28. The molecule has 3 amide bonds. The zero-order valence-corrected chi connectivity index (χ0v) is 16.2. The van der Waals surface area contributed by atoms with Crippen LogP contribution in [0.5, 0.6) is 0 Å². The van der Waals surface area contributed by atoms with E-state index in [1.54, 1.807) is 28.9 Å². The summed E-state index contributed by atoms with van der Waals surface area (Å²) in [6.07, 6.45) is 2.34. The number of hydrogen-bond donors (Lipinski definition) is 1. The average Bonchev–Trinajstić information content (AvgIpc) is 3.28. The normalized spacial score (nSPS) is 15.2. The highest BCUT2D eigenvalue weighted by atomic mass is 16.3. The molecule has 1 aliphatic rings. The first kappa shape index (κ1) is 19.7. The Kier molecular flexibility index (Phi) is 6.13. The van der Waals surface area contributed by atoms with Crippen molar-refractivity contribution in [3.8, 4) is 0 Å². The van der Waals surface area contributed by atoms with Crippen LogP contribution < -0.4 is 5.32 Å². The molecular weight excluding hydrogens is 358 g/mol. The molecule has 28 heavy (non-hydrogen) atoms. The molecule has 148 valence electrons. The van der Waals surface area contributed by atoms with Crippen LogP contribution in [0.1, 0.15) is 40.3 Å². The fourth-order valence-electron chi connectivity index (χ4n) is 3.21. The summed E-state index contributed by atoms with van der Waals surface area (Å²) in [5.41, 5.74) is 1.86. The summed E-state index contributed by atoms with van der Waals surface area (Å²) in [7, 11) is 0. The number of amides is 3. The van der Waals surface area contributed by atoms with Gasteiger partial charge in [0.1, 0.15) is 6.04 Å². The first-order chi connectivity index (χ1) is 13.5. The molecule has 1 aromatic carbocycles. The van der Waals surface area contributed by atoms with E-state index in [1.807, 2.05) is 24.3 Å². The van der Waals surface area contributed by atoms with Crippen LogP contribution in [0.4, 0.5) is 0 Å². The highest BCUT2D eigenvalue weighted by molar-refractivity contribution is 5.96. The Morgan fingerprint density at radius 2 is 1.68 bits per heavy atom. The quantitative estimate of drug-likeness (QED) is 0.855. The van der Waals surface area contributed by atoms with E-state index in [9.17, 15) is 14.4 Å². The second kappa shape index (κ2) is 8.73. The van der Waals surface area contributed by atoms with Crippen LogP contribution >= 0.6 is 0 Å². The lowest BCUT2D eigenvalue weighted by Crippen LogP contribution is -2.55. The monoisotopic (exact) mass is 383 g/mol. The second-order valence-electron chi connectivity index (χ2n) is 6.84. The standard InChI is InChI=1S/C21H25N3O4/c1-3-16-6-8-17(9-7-16)21(27)24-12-10-23(11-13-24)20(26)15(2)22-19(25)18-5-4-14-28-18/h4-9,14-15H,3,10-13H2,1-2H3,(H,22,25). The minimum atomic E-state index is -0.665. The summed E-state index contributed by atoms with van der Waals surface area (Å²) >= 11 is 0. The first-order valence-corrected chi connectivity index (χ1v) is 9.51. The lowest BCUT2D eigenvalue weighted by Gasteiger charge is -2.36. The van der Waals surface area contributed by atoms with Crippen LogP contribution in [-0.2, 0) is 11.2 Å². The molecular formula is C21H25N3O4. The van der Waals surface area contributed by atoms with Gasteiger partial charge in [0.2, 0.25) is 5.91 Å². The van der Waals surface area contributed by atoms with E-state index in [0.29, 0.717) is 31.7 Å². The predicted molar refractivity (Wildman–Crippen MR) is 104 cm³/mol. The number of furan rings is 1. The summed E-state index contributed by atoms with van der Waals surface area (Å²) in [4.78, 5) is 40.7. The number of nitrogens with one attached hydrogen (secondary N) is 1. The molecule has 7 nitrogen and oxygen atoms in total. The number of carbonyl (C=O) groups is 3. The van der Waals surface area contributed by atoms with Crippen LogP contribution in [0.15, 0.2) is 47.1 Å². The Balaban J connectivity index is 1.51. The van der Waals surface area contributed by atoms with E-state index in [0.717, 1.165) is 6.42 Å². The Labute approximate surface area is 164 Å². The molecule has 7 heteroatoms. The van der Waals surface area contributed by atoms with Crippen molar-refractivity contribution in [2.75, 3.05) is 26.2 Å². The van der Waals surface area contributed by atoms with Crippen molar-refractivity contribution < 1.29 is 18.8 Å². The zero-order chi connectivity index (χ0) is 20.1. The topological polar surface area (TPSA) is 82.9 Å². The van der Waals surface area contributed by atoms with Gasteiger partial charge in [-0.05, 0) is 43.2 Å². The van der Waals surface area contributed by atoms with Gasteiger partial charge in [0.15, 0.2) is 5.76 Å². The van der Waals surface area contributed by atoms with Gasteiger partial charge in [-0.2, -0.15) is 0 Å². The van der Waals surface area contributed by atoms with E-state index in [1.165, 1.54) is 11.8 Å². The third-order valence-corrected chi connectivity index (χ3v) is 4.95.